The lowest BCUT2D eigenvalue weighted by atomic mass is 9.63. The summed E-state index contributed by atoms with van der Waals surface area (Å²) in [6.45, 7) is 0.583. The van der Waals surface area contributed by atoms with Gasteiger partial charge in [-0.15, -0.1) is 0 Å². The topological polar surface area (TPSA) is 61.2 Å². The van der Waals surface area contributed by atoms with Crippen LogP contribution in [0.25, 0.3) is 0 Å². The van der Waals surface area contributed by atoms with Crippen LogP contribution < -0.4 is 0 Å². The zero-order valence-corrected chi connectivity index (χ0v) is 15.1. The molecule has 0 unspecified atom stereocenters. The lowest BCUT2D eigenvalue weighted by Gasteiger charge is -2.37. The minimum atomic E-state index is -3.60. The van der Waals surface area contributed by atoms with Crippen LogP contribution in [-0.2, 0) is 10.0 Å². The number of sulfonamides is 1. The second kappa shape index (κ2) is 6.39. The van der Waals surface area contributed by atoms with Gasteiger partial charge in [0.2, 0.25) is 10.0 Å². The van der Waals surface area contributed by atoms with Gasteiger partial charge in [0.05, 0.1) is 16.4 Å². The summed E-state index contributed by atoms with van der Waals surface area (Å²) in [5.74, 6) is -0.0929. The molecule has 0 amide bonds. The molecule has 2 aliphatic rings. The van der Waals surface area contributed by atoms with Crippen LogP contribution in [0.15, 0.2) is 77.7 Å². The Bertz CT molecular complexity index is 964. The van der Waals surface area contributed by atoms with Crippen molar-refractivity contribution in [2.45, 2.75) is 17.2 Å². The molecule has 0 spiro atoms. The lowest BCUT2D eigenvalue weighted by molar-refractivity contribution is 0.271. The summed E-state index contributed by atoms with van der Waals surface area (Å²) in [6.07, 6.45) is 4.88. The van der Waals surface area contributed by atoms with Crippen LogP contribution in [0.3, 0.4) is 0 Å². The standard InChI is InChI=1S/C21H20N2O2S/c22-15-21-16-23(26(24,25)19-11-5-2-6-12-19)14-18(21)10-7-13-20(21)17-8-3-1-4-9-17/h1-12,18,20H,13-14,16H2/t18-,20-,21+/m1/s1. The maximum Gasteiger partial charge on any atom is 0.243 e. The monoisotopic (exact) mass is 364 g/mol. The van der Waals surface area contributed by atoms with Gasteiger partial charge in [-0.25, -0.2) is 8.42 Å². The maximum absolute atomic E-state index is 13.1. The van der Waals surface area contributed by atoms with Gasteiger partial charge in [0.15, 0.2) is 0 Å². The Morgan fingerprint density at radius 1 is 1.04 bits per heavy atom. The first-order valence-corrected chi connectivity index (χ1v) is 10.2. The largest absolute Gasteiger partial charge is 0.243 e. The lowest BCUT2D eigenvalue weighted by Crippen LogP contribution is -2.37. The number of nitrogens with zero attached hydrogens (tertiary/aromatic N) is 2. The minimum absolute atomic E-state index is 0.000302. The highest BCUT2D eigenvalue weighted by Gasteiger charge is 2.55. The van der Waals surface area contributed by atoms with E-state index in [0.717, 1.165) is 12.0 Å². The Kier molecular flexibility index (Phi) is 4.18. The summed E-state index contributed by atoms with van der Waals surface area (Å²) < 4.78 is 27.6. The van der Waals surface area contributed by atoms with Crippen molar-refractivity contribution < 1.29 is 8.42 Å². The van der Waals surface area contributed by atoms with Crippen molar-refractivity contribution in [3.8, 4) is 6.07 Å². The van der Waals surface area contributed by atoms with E-state index >= 15 is 0 Å². The van der Waals surface area contributed by atoms with Gasteiger partial charge in [-0.2, -0.15) is 9.57 Å². The molecule has 0 aromatic heterocycles. The van der Waals surface area contributed by atoms with Gasteiger partial charge in [-0.3, -0.25) is 0 Å². The Hall–Kier alpha value is -2.42. The molecule has 0 saturated carbocycles. The van der Waals surface area contributed by atoms with Crippen molar-refractivity contribution in [2.75, 3.05) is 13.1 Å². The van der Waals surface area contributed by atoms with Crippen LogP contribution in [-0.4, -0.2) is 25.8 Å². The van der Waals surface area contributed by atoms with E-state index in [4.69, 9.17) is 0 Å². The molecule has 0 N–H and O–H groups in total. The summed E-state index contributed by atoms with van der Waals surface area (Å²) in [5.41, 5.74) is 0.375. The van der Waals surface area contributed by atoms with E-state index in [0.29, 0.717) is 6.54 Å². The fraction of sp³-hybridized carbons (Fsp3) is 0.286. The number of rotatable bonds is 3. The van der Waals surface area contributed by atoms with Gasteiger partial charge in [0.25, 0.3) is 0 Å². The van der Waals surface area contributed by atoms with E-state index in [-0.39, 0.29) is 23.3 Å². The van der Waals surface area contributed by atoms with Crippen molar-refractivity contribution in [1.82, 2.24) is 4.31 Å². The molecule has 2 aromatic rings. The number of fused-ring (bicyclic) bond motifs is 1. The second-order valence-corrected chi connectivity index (χ2v) is 8.93. The molecule has 0 radical (unpaired) electrons. The van der Waals surface area contributed by atoms with Crippen LogP contribution >= 0.6 is 0 Å². The summed E-state index contributed by atoms with van der Waals surface area (Å²) in [5, 5.41) is 10.1. The summed E-state index contributed by atoms with van der Waals surface area (Å²) in [4.78, 5) is 0.284. The molecule has 4 rings (SSSR count). The normalized spacial score (nSPS) is 28.4. The van der Waals surface area contributed by atoms with E-state index in [9.17, 15) is 13.7 Å². The van der Waals surface area contributed by atoms with Gasteiger partial charge in [-0.05, 0) is 24.1 Å². The molecule has 1 fully saturated rings. The third-order valence-corrected chi connectivity index (χ3v) is 7.48. The molecule has 26 heavy (non-hydrogen) atoms. The van der Waals surface area contributed by atoms with Gasteiger partial charge in [0, 0.05) is 24.9 Å². The van der Waals surface area contributed by atoms with Crippen molar-refractivity contribution in [3.63, 3.8) is 0 Å². The average molecular weight is 364 g/mol. The van der Waals surface area contributed by atoms with Crippen LogP contribution in [0.4, 0.5) is 0 Å². The molecular weight excluding hydrogens is 344 g/mol. The third-order valence-electron chi connectivity index (χ3n) is 5.65. The number of benzene rings is 2. The predicted octanol–water partition coefficient (Wildman–Crippen LogP) is 3.56. The number of hydrogen-bond donors (Lipinski definition) is 0. The van der Waals surface area contributed by atoms with Gasteiger partial charge in [-0.1, -0.05) is 60.7 Å². The minimum Gasteiger partial charge on any atom is -0.207 e. The van der Waals surface area contributed by atoms with Crippen molar-refractivity contribution in [1.29, 1.82) is 5.26 Å². The molecule has 0 bridgehead atoms. The van der Waals surface area contributed by atoms with E-state index in [2.05, 4.69) is 12.1 Å². The zero-order chi connectivity index (χ0) is 18.2. The van der Waals surface area contributed by atoms with E-state index < -0.39 is 15.4 Å². The molecular formula is C21H20N2O2S. The molecule has 1 aliphatic heterocycles. The molecule has 1 aliphatic carbocycles. The Labute approximate surface area is 154 Å². The molecule has 3 atom stereocenters. The van der Waals surface area contributed by atoms with Crippen molar-refractivity contribution in [2.24, 2.45) is 11.3 Å². The van der Waals surface area contributed by atoms with Crippen molar-refractivity contribution in [3.05, 3.63) is 78.4 Å². The third kappa shape index (κ3) is 2.57. The zero-order valence-electron chi connectivity index (χ0n) is 14.3. The van der Waals surface area contributed by atoms with Crippen LogP contribution in [0, 0.1) is 22.7 Å². The summed E-state index contributed by atoms with van der Waals surface area (Å²) >= 11 is 0. The fourth-order valence-electron chi connectivity index (χ4n) is 4.29. The maximum atomic E-state index is 13.1. The van der Waals surface area contributed by atoms with E-state index in [1.807, 2.05) is 36.4 Å². The summed E-state index contributed by atoms with van der Waals surface area (Å²) in [7, 11) is -3.60. The Morgan fingerprint density at radius 2 is 1.69 bits per heavy atom. The van der Waals surface area contributed by atoms with Gasteiger partial charge in [0.1, 0.15) is 0 Å². The molecule has 1 saturated heterocycles. The van der Waals surface area contributed by atoms with Crippen molar-refractivity contribution >= 4 is 10.0 Å². The molecule has 5 heteroatoms. The Morgan fingerprint density at radius 3 is 2.35 bits per heavy atom. The SMILES string of the molecule is N#C[C@]12CN(S(=O)(=O)c3ccccc3)C[C@H]1C=CC[C@@H]2c1ccccc1. The van der Waals surface area contributed by atoms with Crippen LogP contribution in [0.1, 0.15) is 17.9 Å². The molecule has 1 heterocycles. The van der Waals surface area contributed by atoms with Gasteiger partial charge < -0.3 is 0 Å². The Balaban J connectivity index is 1.74. The highest BCUT2D eigenvalue weighted by atomic mass is 32.2. The number of allylic oxidation sites excluding steroid dienone is 1. The van der Waals surface area contributed by atoms with Gasteiger partial charge >= 0.3 is 0 Å². The smallest absolute Gasteiger partial charge is 0.207 e. The van der Waals surface area contributed by atoms with Crippen LogP contribution in [0.5, 0.6) is 0 Å². The molecule has 4 nitrogen and oxygen atoms in total. The molecule has 2 aromatic carbocycles. The first-order valence-electron chi connectivity index (χ1n) is 8.76. The highest BCUT2D eigenvalue weighted by molar-refractivity contribution is 7.89. The first-order chi connectivity index (χ1) is 12.6. The van der Waals surface area contributed by atoms with Crippen LogP contribution in [0.2, 0.25) is 0 Å². The predicted molar refractivity (Wildman–Crippen MR) is 99.7 cm³/mol. The first kappa shape index (κ1) is 17.0. The quantitative estimate of drug-likeness (QED) is 0.783. The highest BCUT2D eigenvalue weighted by Crippen LogP contribution is 2.52. The second-order valence-electron chi connectivity index (χ2n) is 7.00. The van der Waals surface area contributed by atoms with E-state index in [1.54, 1.807) is 30.3 Å². The average Bonchev–Trinajstić information content (AvgIpc) is 3.10. The number of nitriles is 1. The number of hydrogen-bond acceptors (Lipinski definition) is 3. The summed E-state index contributed by atoms with van der Waals surface area (Å²) in [6, 6.07) is 21.0. The van der Waals surface area contributed by atoms with E-state index in [1.165, 1.54) is 4.31 Å². The fourth-order valence-corrected chi connectivity index (χ4v) is 5.83. The molecule has 132 valence electrons.